The highest BCUT2D eigenvalue weighted by molar-refractivity contribution is 5.87. The molecule has 1 aromatic carbocycles. The van der Waals surface area contributed by atoms with Crippen molar-refractivity contribution in [2.45, 2.75) is 13.3 Å². The Hall–Kier alpha value is -2.37. The van der Waals surface area contributed by atoms with Gasteiger partial charge >= 0.3 is 5.97 Å². The lowest BCUT2D eigenvalue weighted by atomic mass is 10.0. The minimum absolute atomic E-state index is 0.0188. The Morgan fingerprint density at radius 1 is 1.47 bits per heavy atom. The summed E-state index contributed by atoms with van der Waals surface area (Å²) in [5.74, 6) is -0.975. The molecule has 5 nitrogen and oxygen atoms in total. The van der Waals surface area contributed by atoms with Gasteiger partial charge in [0.05, 0.1) is 12.2 Å². The minimum atomic E-state index is -1.20. The molecule has 1 aliphatic rings. The predicted molar refractivity (Wildman–Crippen MR) is 62.8 cm³/mol. The second-order valence-corrected chi connectivity index (χ2v) is 4.23. The van der Waals surface area contributed by atoms with E-state index in [4.69, 9.17) is 14.3 Å². The highest BCUT2D eigenvalue weighted by atomic mass is 19.1. The van der Waals surface area contributed by atoms with Crippen molar-refractivity contribution in [3.05, 3.63) is 35.0 Å². The molecule has 0 saturated carbocycles. The Kier molecular flexibility index (Phi) is 2.51. The van der Waals surface area contributed by atoms with E-state index in [1.54, 1.807) is 6.07 Å². The van der Waals surface area contributed by atoms with E-state index < -0.39 is 11.8 Å². The number of aryl methyl sites for hydroxylation is 1. The Bertz CT molecular complexity index is 678. The lowest BCUT2D eigenvalue weighted by Crippen LogP contribution is -1.99. The van der Waals surface area contributed by atoms with Gasteiger partial charge in [-0.15, -0.1) is 0 Å². The van der Waals surface area contributed by atoms with Crippen molar-refractivity contribution in [2.75, 3.05) is 6.61 Å². The molecule has 19 heavy (non-hydrogen) atoms. The summed E-state index contributed by atoms with van der Waals surface area (Å²) in [5.41, 5.74) is 0.648. The number of carboxylic acids is 1. The summed E-state index contributed by atoms with van der Waals surface area (Å²) in [5, 5.41) is 8.95. The Morgan fingerprint density at radius 3 is 2.95 bits per heavy atom. The number of fused-ring (bicyclic) bond motifs is 1. The number of oxazole rings is 1. The molecule has 0 atom stereocenters. The van der Waals surface area contributed by atoms with Crippen LogP contribution in [0.2, 0.25) is 0 Å². The standard InChI is InChI=1S/C13H10FNO4/c1-6-11(13(16)17)15-12(19-6)10-7-4-5-18-9(7)3-2-8(10)14/h2-3H,4-5H2,1H3,(H,16,17). The molecule has 3 rings (SSSR count). The van der Waals surface area contributed by atoms with Gasteiger partial charge in [-0.05, 0) is 19.1 Å². The lowest BCUT2D eigenvalue weighted by molar-refractivity contribution is 0.0689. The summed E-state index contributed by atoms with van der Waals surface area (Å²) in [6, 6.07) is 2.81. The Morgan fingerprint density at radius 2 is 2.26 bits per heavy atom. The highest BCUT2D eigenvalue weighted by Crippen LogP contribution is 2.36. The summed E-state index contributed by atoms with van der Waals surface area (Å²) < 4.78 is 24.6. The van der Waals surface area contributed by atoms with E-state index in [-0.39, 0.29) is 22.9 Å². The van der Waals surface area contributed by atoms with Gasteiger partial charge in [0.25, 0.3) is 0 Å². The van der Waals surface area contributed by atoms with Crippen LogP contribution in [0.5, 0.6) is 5.75 Å². The number of benzene rings is 1. The molecule has 0 spiro atoms. The maximum absolute atomic E-state index is 14.0. The summed E-state index contributed by atoms with van der Waals surface area (Å²) >= 11 is 0. The van der Waals surface area contributed by atoms with Crippen LogP contribution in [0.1, 0.15) is 21.8 Å². The molecule has 2 aromatic rings. The van der Waals surface area contributed by atoms with Crippen LogP contribution in [0.15, 0.2) is 16.5 Å². The number of hydrogen-bond acceptors (Lipinski definition) is 4. The maximum Gasteiger partial charge on any atom is 0.358 e. The van der Waals surface area contributed by atoms with Gasteiger partial charge in [-0.25, -0.2) is 14.2 Å². The SMILES string of the molecule is Cc1oc(-c2c(F)ccc3c2CCO3)nc1C(=O)O. The zero-order valence-electron chi connectivity index (χ0n) is 10.1. The number of carboxylic acid groups (broad SMARTS) is 1. The second kappa shape index (κ2) is 4.08. The molecule has 1 aliphatic heterocycles. The van der Waals surface area contributed by atoms with Crippen molar-refractivity contribution in [2.24, 2.45) is 0 Å². The van der Waals surface area contributed by atoms with Crippen molar-refractivity contribution in [3.63, 3.8) is 0 Å². The first kappa shape index (κ1) is 11.7. The largest absolute Gasteiger partial charge is 0.493 e. The molecule has 0 aliphatic carbocycles. The van der Waals surface area contributed by atoms with Crippen LogP contribution in [0.4, 0.5) is 4.39 Å². The van der Waals surface area contributed by atoms with Crippen LogP contribution < -0.4 is 4.74 Å². The number of nitrogens with zero attached hydrogens (tertiary/aromatic N) is 1. The van der Waals surface area contributed by atoms with Gasteiger partial charge in [0.15, 0.2) is 5.69 Å². The van der Waals surface area contributed by atoms with Crippen molar-refractivity contribution in [3.8, 4) is 17.2 Å². The fourth-order valence-corrected chi connectivity index (χ4v) is 2.18. The molecule has 0 fully saturated rings. The van der Waals surface area contributed by atoms with Gasteiger partial charge in [0.1, 0.15) is 17.3 Å². The van der Waals surface area contributed by atoms with Crippen LogP contribution in [0.25, 0.3) is 11.5 Å². The summed E-state index contributed by atoms with van der Waals surface area (Å²) in [4.78, 5) is 14.8. The summed E-state index contributed by atoms with van der Waals surface area (Å²) in [6.07, 6.45) is 0.548. The number of ether oxygens (including phenoxy) is 1. The third-order valence-electron chi connectivity index (χ3n) is 3.04. The lowest BCUT2D eigenvalue weighted by Gasteiger charge is -2.04. The smallest absolute Gasteiger partial charge is 0.358 e. The molecule has 0 unspecified atom stereocenters. The number of aromatic nitrogens is 1. The molecular formula is C13H10FNO4. The number of carbonyl (C=O) groups is 1. The monoisotopic (exact) mass is 263 g/mol. The molecule has 0 radical (unpaired) electrons. The fourth-order valence-electron chi connectivity index (χ4n) is 2.18. The fraction of sp³-hybridized carbons (Fsp3) is 0.231. The van der Waals surface area contributed by atoms with E-state index in [0.29, 0.717) is 24.3 Å². The zero-order chi connectivity index (χ0) is 13.6. The molecule has 2 heterocycles. The minimum Gasteiger partial charge on any atom is -0.493 e. The van der Waals surface area contributed by atoms with Gasteiger partial charge in [-0.2, -0.15) is 0 Å². The van der Waals surface area contributed by atoms with E-state index >= 15 is 0 Å². The zero-order valence-corrected chi connectivity index (χ0v) is 10.1. The Balaban J connectivity index is 2.20. The van der Waals surface area contributed by atoms with Crippen LogP contribution in [-0.4, -0.2) is 22.7 Å². The van der Waals surface area contributed by atoms with Gasteiger partial charge in [0, 0.05) is 12.0 Å². The topological polar surface area (TPSA) is 72.6 Å². The number of halogens is 1. The van der Waals surface area contributed by atoms with Crippen molar-refractivity contribution < 1.29 is 23.4 Å². The van der Waals surface area contributed by atoms with Crippen molar-refractivity contribution in [1.29, 1.82) is 0 Å². The molecule has 98 valence electrons. The predicted octanol–water partition coefficient (Wildman–Crippen LogP) is 2.42. The summed E-state index contributed by atoms with van der Waals surface area (Å²) in [6.45, 7) is 1.95. The van der Waals surface area contributed by atoms with Crippen molar-refractivity contribution in [1.82, 2.24) is 4.98 Å². The second-order valence-electron chi connectivity index (χ2n) is 4.23. The molecule has 1 N–H and O–H groups in total. The van der Waals surface area contributed by atoms with Gasteiger partial charge in [0.2, 0.25) is 5.89 Å². The normalized spacial score (nSPS) is 13.2. The number of rotatable bonds is 2. The van der Waals surface area contributed by atoms with Gasteiger partial charge < -0.3 is 14.3 Å². The molecule has 0 saturated heterocycles. The molecular weight excluding hydrogens is 253 g/mol. The Labute approximate surface area is 107 Å². The molecule has 1 aromatic heterocycles. The average molecular weight is 263 g/mol. The van der Waals surface area contributed by atoms with E-state index in [1.165, 1.54) is 13.0 Å². The van der Waals surface area contributed by atoms with Crippen molar-refractivity contribution >= 4 is 5.97 Å². The summed E-state index contributed by atoms with van der Waals surface area (Å²) in [7, 11) is 0. The van der Waals surface area contributed by atoms with Crippen LogP contribution in [0, 0.1) is 12.7 Å². The number of hydrogen-bond donors (Lipinski definition) is 1. The number of aromatic carboxylic acids is 1. The first-order valence-electron chi connectivity index (χ1n) is 5.73. The first-order valence-corrected chi connectivity index (χ1v) is 5.73. The maximum atomic E-state index is 14.0. The van der Waals surface area contributed by atoms with E-state index in [2.05, 4.69) is 4.98 Å². The van der Waals surface area contributed by atoms with Gasteiger partial charge in [-0.1, -0.05) is 0 Å². The van der Waals surface area contributed by atoms with E-state index in [9.17, 15) is 9.18 Å². The van der Waals surface area contributed by atoms with Crippen LogP contribution in [-0.2, 0) is 6.42 Å². The van der Waals surface area contributed by atoms with E-state index in [1.807, 2.05) is 0 Å². The third-order valence-corrected chi connectivity index (χ3v) is 3.04. The van der Waals surface area contributed by atoms with Crippen LogP contribution >= 0.6 is 0 Å². The average Bonchev–Trinajstić information content (AvgIpc) is 2.95. The van der Waals surface area contributed by atoms with Gasteiger partial charge in [-0.3, -0.25) is 0 Å². The molecule has 0 amide bonds. The quantitative estimate of drug-likeness (QED) is 0.900. The molecule has 0 bridgehead atoms. The van der Waals surface area contributed by atoms with Crippen LogP contribution in [0.3, 0.4) is 0 Å². The molecule has 6 heteroatoms. The first-order chi connectivity index (χ1) is 9.08. The van der Waals surface area contributed by atoms with E-state index in [0.717, 1.165) is 0 Å². The highest BCUT2D eigenvalue weighted by Gasteiger charge is 2.26. The third kappa shape index (κ3) is 1.76.